The summed E-state index contributed by atoms with van der Waals surface area (Å²) in [6.45, 7) is 0.661. The van der Waals surface area contributed by atoms with Crippen LogP contribution in [0.5, 0.6) is 5.75 Å². The lowest BCUT2D eigenvalue weighted by Gasteiger charge is -2.11. The van der Waals surface area contributed by atoms with Crippen molar-refractivity contribution in [3.8, 4) is 5.75 Å². The minimum absolute atomic E-state index is 0.135. The average Bonchev–Trinajstić information content (AvgIpc) is 2.58. The molecule has 1 aromatic carbocycles. The van der Waals surface area contributed by atoms with Crippen LogP contribution in [0.2, 0.25) is 0 Å². The molecule has 0 radical (unpaired) electrons. The Labute approximate surface area is 131 Å². The van der Waals surface area contributed by atoms with Gasteiger partial charge in [-0.2, -0.15) is 0 Å². The van der Waals surface area contributed by atoms with Gasteiger partial charge in [-0.25, -0.2) is 10.0 Å². The van der Waals surface area contributed by atoms with Crippen molar-refractivity contribution in [2.24, 2.45) is 5.73 Å². The monoisotopic (exact) mass is 314 g/mol. The van der Waals surface area contributed by atoms with E-state index in [1.807, 2.05) is 0 Å². The summed E-state index contributed by atoms with van der Waals surface area (Å²) in [4.78, 5) is 4.31. The van der Waals surface area contributed by atoms with Crippen molar-refractivity contribution >= 4 is 22.7 Å². The fourth-order valence-electron chi connectivity index (χ4n) is 2.03. The molecule has 0 aliphatic carbocycles. The Bertz CT molecular complexity index is 828. The maximum atomic E-state index is 12.4. The Kier molecular flexibility index (Phi) is 4.02. The van der Waals surface area contributed by atoms with Crippen LogP contribution in [0.1, 0.15) is 0 Å². The fraction of sp³-hybridized carbons (Fsp3) is 0.143. The van der Waals surface area contributed by atoms with E-state index in [9.17, 15) is 10.4 Å². The number of rotatable bonds is 5. The fourth-order valence-corrected chi connectivity index (χ4v) is 2.03. The normalized spacial score (nSPS) is 10.7. The van der Waals surface area contributed by atoms with Crippen LogP contribution in [0.3, 0.4) is 0 Å². The van der Waals surface area contributed by atoms with Crippen LogP contribution >= 0.6 is 0 Å². The van der Waals surface area contributed by atoms with Gasteiger partial charge in [-0.1, -0.05) is 0 Å². The Morgan fingerprint density at radius 3 is 2.83 bits per heavy atom. The molecule has 0 aliphatic heterocycles. The van der Waals surface area contributed by atoms with Crippen LogP contribution in [0.25, 0.3) is 11.0 Å². The number of anilines is 2. The van der Waals surface area contributed by atoms with E-state index in [2.05, 4.69) is 15.4 Å². The molecule has 0 aliphatic rings. The van der Waals surface area contributed by atoms with E-state index in [1.165, 1.54) is 18.3 Å². The number of nitrogens with zero attached hydrogens (tertiary/aromatic N) is 4. The number of nitrogens with two attached hydrogens (primary N) is 1. The van der Waals surface area contributed by atoms with Gasteiger partial charge in [0.15, 0.2) is 5.52 Å². The van der Waals surface area contributed by atoms with E-state index < -0.39 is 0 Å². The Morgan fingerprint density at radius 2 is 2.09 bits per heavy atom. The van der Waals surface area contributed by atoms with Crippen molar-refractivity contribution in [3.05, 3.63) is 53.1 Å². The van der Waals surface area contributed by atoms with Gasteiger partial charge in [0, 0.05) is 29.7 Å². The van der Waals surface area contributed by atoms with Crippen molar-refractivity contribution in [3.63, 3.8) is 0 Å². The van der Waals surface area contributed by atoms with E-state index in [4.69, 9.17) is 10.5 Å². The van der Waals surface area contributed by atoms with Crippen LogP contribution < -0.4 is 25.4 Å². The van der Waals surface area contributed by atoms with Gasteiger partial charge in [0.1, 0.15) is 18.0 Å². The lowest BCUT2D eigenvalue weighted by atomic mass is 10.3. The summed E-state index contributed by atoms with van der Waals surface area (Å²) in [5.41, 5.74) is 6.19. The van der Waals surface area contributed by atoms with Crippen LogP contribution in [-0.4, -0.2) is 23.2 Å². The highest BCUT2D eigenvalue weighted by Gasteiger charge is 2.21. The first-order chi connectivity index (χ1) is 11.2. The minimum atomic E-state index is -0.156. The molecule has 0 saturated carbocycles. The first-order valence-electron chi connectivity index (χ1n) is 6.86. The van der Waals surface area contributed by atoms with Crippen molar-refractivity contribution in [2.45, 2.75) is 0 Å². The molecule has 2 heterocycles. The molecule has 9 heteroatoms. The molecule has 3 N–H and O–H groups in total. The second-order valence-corrected chi connectivity index (χ2v) is 4.65. The molecule has 23 heavy (non-hydrogen) atoms. The third-order valence-corrected chi connectivity index (χ3v) is 3.05. The molecule has 3 aromatic rings. The Morgan fingerprint density at radius 1 is 1.22 bits per heavy atom. The Hall–Kier alpha value is -3.20. The largest absolute Gasteiger partial charge is 0.739 e. The molecule has 3 rings (SSSR count). The molecule has 0 amide bonds. The summed E-state index contributed by atoms with van der Waals surface area (Å²) in [5, 5.41) is 30.9. The maximum absolute atomic E-state index is 12.4. The molecule has 0 bridgehead atoms. The van der Waals surface area contributed by atoms with Gasteiger partial charge in [0.25, 0.3) is 5.52 Å². The number of hydrogen-bond acceptors (Lipinski definition) is 7. The third kappa shape index (κ3) is 3.04. The highest BCUT2D eigenvalue weighted by molar-refractivity contribution is 5.70. The zero-order valence-electron chi connectivity index (χ0n) is 12.0. The summed E-state index contributed by atoms with van der Waals surface area (Å²) in [7, 11) is 0. The number of aromatic nitrogens is 4. The zero-order chi connectivity index (χ0) is 16.2. The second-order valence-electron chi connectivity index (χ2n) is 4.65. The number of hydrogen-bond donors (Lipinski definition) is 2. The summed E-state index contributed by atoms with van der Waals surface area (Å²) in [6, 6.07) is 7.94. The van der Waals surface area contributed by atoms with Crippen molar-refractivity contribution < 1.29 is 14.3 Å². The van der Waals surface area contributed by atoms with Gasteiger partial charge in [0.2, 0.25) is 5.10 Å². The summed E-state index contributed by atoms with van der Waals surface area (Å²) < 4.78 is 5.91. The lowest BCUT2D eigenvalue weighted by molar-refractivity contribution is -0.672. The summed E-state index contributed by atoms with van der Waals surface area (Å²) >= 11 is 0. The van der Waals surface area contributed by atoms with Crippen molar-refractivity contribution in [1.82, 2.24) is 10.1 Å². The zero-order valence-corrected chi connectivity index (χ0v) is 12.0. The molecule has 0 fully saturated rings. The van der Waals surface area contributed by atoms with E-state index in [0.717, 1.165) is 0 Å². The molecular weight excluding hydrogens is 300 g/mol. The Balaban J connectivity index is 2.03. The van der Waals surface area contributed by atoms with Crippen LogP contribution in [0.4, 0.5) is 11.6 Å². The maximum Gasteiger partial charge on any atom is 0.465 e. The summed E-state index contributed by atoms with van der Waals surface area (Å²) in [5.74, 6) is 0.294. The van der Waals surface area contributed by atoms with E-state index >= 15 is 0 Å². The van der Waals surface area contributed by atoms with Crippen LogP contribution in [-0.2, 0) is 0 Å². The highest BCUT2D eigenvalue weighted by atomic mass is 16.5. The van der Waals surface area contributed by atoms with Crippen molar-refractivity contribution in [1.29, 1.82) is 0 Å². The van der Waals surface area contributed by atoms with E-state index in [1.54, 1.807) is 24.4 Å². The number of pyridine rings is 1. The number of nitrogens with one attached hydrogen (secondary N) is 1. The topological polar surface area (TPSA) is 127 Å². The number of ether oxygens (including phenoxy) is 1. The highest BCUT2D eigenvalue weighted by Crippen LogP contribution is 2.17. The van der Waals surface area contributed by atoms with Gasteiger partial charge < -0.3 is 20.9 Å². The van der Waals surface area contributed by atoms with Gasteiger partial charge in [0.05, 0.1) is 6.20 Å². The van der Waals surface area contributed by atoms with Crippen LogP contribution in [0, 0.1) is 10.4 Å². The predicted octanol–water partition coefficient (Wildman–Crippen LogP) is -0.0223. The van der Waals surface area contributed by atoms with Gasteiger partial charge in [-0.05, 0) is 18.2 Å². The quantitative estimate of drug-likeness (QED) is 0.500. The molecule has 9 nitrogen and oxygen atoms in total. The second kappa shape index (κ2) is 6.28. The molecular formula is C14H14N6O3. The molecule has 2 aromatic heterocycles. The van der Waals surface area contributed by atoms with E-state index in [-0.39, 0.29) is 17.0 Å². The SMILES string of the molecule is NCCOc1ccc2c(c1)[n+]([O-])c(Nc1cccnc1)n[n+]2[O-]. The smallest absolute Gasteiger partial charge is 0.465 e. The van der Waals surface area contributed by atoms with Crippen molar-refractivity contribution in [2.75, 3.05) is 18.5 Å². The third-order valence-electron chi connectivity index (χ3n) is 3.05. The molecule has 118 valence electrons. The van der Waals surface area contributed by atoms with E-state index in [0.29, 0.717) is 34.2 Å². The lowest BCUT2D eigenvalue weighted by Crippen LogP contribution is -2.43. The predicted molar refractivity (Wildman–Crippen MR) is 81.7 cm³/mol. The minimum Gasteiger partial charge on any atom is -0.739 e. The first-order valence-corrected chi connectivity index (χ1v) is 6.86. The number of benzene rings is 1. The average molecular weight is 314 g/mol. The van der Waals surface area contributed by atoms with Gasteiger partial charge in [-0.15, -0.1) is 0 Å². The standard InChI is InChI=1S/C14H14N6O3/c15-5-7-23-11-3-4-12-13(8-11)19(21)14(18-20(12)22)17-10-2-1-6-16-9-10/h1-4,6,8-9H,5,7,15H2,(H,17,18). The van der Waals surface area contributed by atoms with Gasteiger partial charge >= 0.3 is 5.95 Å². The summed E-state index contributed by atoms with van der Waals surface area (Å²) in [6.07, 6.45) is 3.11. The van der Waals surface area contributed by atoms with Gasteiger partial charge in [-0.3, -0.25) is 4.98 Å². The molecule has 0 saturated heterocycles. The molecule has 0 atom stereocenters. The van der Waals surface area contributed by atoms with Crippen LogP contribution in [0.15, 0.2) is 42.7 Å². The molecule has 0 unspecified atom stereocenters. The molecule has 0 spiro atoms. The first kappa shape index (κ1) is 14.7. The number of fused-ring (bicyclic) bond motifs is 1.